The number of fused-ring (bicyclic) bond motifs is 2. The van der Waals surface area contributed by atoms with Crippen LogP contribution in [-0.2, 0) is 19.5 Å². The van der Waals surface area contributed by atoms with E-state index in [1.807, 2.05) is 12.1 Å². The highest BCUT2D eigenvalue weighted by atomic mass is 16.3. The average Bonchev–Trinajstić information content (AvgIpc) is 2.79. The molecule has 0 fully saturated rings. The van der Waals surface area contributed by atoms with Crippen LogP contribution in [0.2, 0.25) is 0 Å². The van der Waals surface area contributed by atoms with Crippen molar-refractivity contribution in [3.63, 3.8) is 0 Å². The van der Waals surface area contributed by atoms with Crippen LogP contribution in [0, 0.1) is 6.92 Å². The first-order chi connectivity index (χ1) is 11.7. The summed E-state index contributed by atoms with van der Waals surface area (Å²) in [7, 11) is 0. The van der Waals surface area contributed by atoms with Crippen molar-refractivity contribution in [2.75, 3.05) is 6.54 Å². The van der Waals surface area contributed by atoms with Gasteiger partial charge in [0.1, 0.15) is 5.75 Å². The fourth-order valence-electron chi connectivity index (χ4n) is 3.68. The molecule has 4 rings (SSSR count). The second kappa shape index (κ2) is 6.25. The minimum Gasteiger partial charge on any atom is -0.508 e. The highest BCUT2D eigenvalue weighted by Crippen LogP contribution is 2.29. The quantitative estimate of drug-likeness (QED) is 0.769. The molecule has 0 aliphatic carbocycles. The molecule has 2 aromatic carbocycles. The molecule has 122 valence electrons. The summed E-state index contributed by atoms with van der Waals surface area (Å²) < 4.78 is 0. The van der Waals surface area contributed by atoms with E-state index in [-0.39, 0.29) is 0 Å². The Labute approximate surface area is 142 Å². The van der Waals surface area contributed by atoms with E-state index in [0.717, 1.165) is 43.4 Å². The number of pyridine rings is 1. The van der Waals surface area contributed by atoms with Gasteiger partial charge < -0.3 is 5.11 Å². The number of aromatic nitrogens is 1. The molecule has 3 heteroatoms. The molecule has 0 amide bonds. The van der Waals surface area contributed by atoms with Gasteiger partial charge in [0.2, 0.25) is 0 Å². The molecular formula is C21H22N2O. The summed E-state index contributed by atoms with van der Waals surface area (Å²) >= 11 is 0. The molecule has 0 unspecified atom stereocenters. The number of hydrogen-bond donors (Lipinski definition) is 1. The van der Waals surface area contributed by atoms with Crippen molar-refractivity contribution >= 4 is 10.9 Å². The lowest BCUT2D eigenvalue weighted by molar-refractivity contribution is 0.260. The maximum absolute atomic E-state index is 9.82. The van der Waals surface area contributed by atoms with Gasteiger partial charge in [-0.2, -0.15) is 0 Å². The van der Waals surface area contributed by atoms with E-state index in [1.54, 1.807) is 6.07 Å². The van der Waals surface area contributed by atoms with Crippen LogP contribution < -0.4 is 0 Å². The van der Waals surface area contributed by atoms with E-state index in [2.05, 4.69) is 42.2 Å². The maximum atomic E-state index is 9.82. The lowest BCUT2D eigenvalue weighted by Crippen LogP contribution is -2.23. The lowest BCUT2D eigenvalue weighted by atomic mass is 10.00. The van der Waals surface area contributed by atoms with Gasteiger partial charge in [-0.15, -0.1) is 0 Å². The summed E-state index contributed by atoms with van der Waals surface area (Å²) in [5.41, 5.74) is 6.15. The van der Waals surface area contributed by atoms with Gasteiger partial charge >= 0.3 is 0 Å². The molecule has 0 saturated heterocycles. The van der Waals surface area contributed by atoms with Crippen molar-refractivity contribution in [3.05, 3.63) is 70.9 Å². The average molecular weight is 318 g/mol. The van der Waals surface area contributed by atoms with E-state index in [1.165, 1.54) is 22.4 Å². The Morgan fingerprint density at radius 2 is 1.96 bits per heavy atom. The van der Waals surface area contributed by atoms with E-state index < -0.39 is 0 Å². The zero-order valence-corrected chi connectivity index (χ0v) is 14.0. The molecule has 0 radical (unpaired) electrons. The fraction of sp³-hybridized carbons (Fsp3) is 0.286. The summed E-state index contributed by atoms with van der Waals surface area (Å²) in [5, 5.41) is 10.9. The summed E-state index contributed by atoms with van der Waals surface area (Å²) in [6.07, 6.45) is 2.16. The Balaban J connectivity index is 1.71. The second-order valence-electron chi connectivity index (χ2n) is 6.66. The molecule has 1 aromatic heterocycles. The molecule has 3 aromatic rings. The minimum atomic E-state index is 0.308. The van der Waals surface area contributed by atoms with Gasteiger partial charge in [-0.25, -0.2) is 0 Å². The fourth-order valence-corrected chi connectivity index (χ4v) is 3.68. The maximum Gasteiger partial charge on any atom is 0.116 e. The summed E-state index contributed by atoms with van der Waals surface area (Å²) in [6.45, 7) is 5.15. The van der Waals surface area contributed by atoms with Gasteiger partial charge in [0, 0.05) is 24.2 Å². The molecule has 0 bridgehead atoms. The SMILES string of the molecule is Cc1c2c(nc3ccc(O)cc13)CCCN(Cc1ccccc1)C2. The molecule has 1 aliphatic rings. The zero-order chi connectivity index (χ0) is 16.5. The lowest BCUT2D eigenvalue weighted by Gasteiger charge is -2.21. The zero-order valence-electron chi connectivity index (χ0n) is 14.0. The number of aromatic hydroxyl groups is 1. The number of phenols is 1. The van der Waals surface area contributed by atoms with Gasteiger partial charge in [0.25, 0.3) is 0 Å². The van der Waals surface area contributed by atoms with Gasteiger partial charge in [0.05, 0.1) is 5.52 Å². The smallest absolute Gasteiger partial charge is 0.116 e. The van der Waals surface area contributed by atoms with E-state index in [9.17, 15) is 5.11 Å². The Morgan fingerprint density at radius 3 is 2.79 bits per heavy atom. The van der Waals surface area contributed by atoms with Crippen molar-refractivity contribution in [1.29, 1.82) is 0 Å². The van der Waals surface area contributed by atoms with Gasteiger partial charge in [0.15, 0.2) is 0 Å². The van der Waals surface area contributed by atoms with Crippen LogP contribution in [0.4, 0.5) is 0 Å². The number of aryl methyl sites for hydroxylation is 2. The van der Waals surface area contributed by atoms with Gasteiger partial charge in [-0.3, -0.25) is 9.88 Å². The first-order valence-corrected chi connectivity index (χ1v) is 8.58. The van der Waals surface area contributed by atoms with Gasteiger partial charge in [-0.05, 0) is 61.2 Å². The number of nitrogens with zero attached hydrogens (tertiary/aromatic N) is 2. The van der Waals surface area contributed by atoms with Crippen molar-refractivity contribution < 1.29 is 5.11 Å². The normalized spacial score (nSPS) is 15.2. The molecule has 2 heterocycles. The predicted octanol–water partition coefficient (Wildman–Crippen LogP) is 4.20. The minimum absolute atomic E-state index is 0.308. The molecule has 0 atom stereocenters. The van der Waals surface area contributed by atoms with Crippen LogP contribution in [0.1, 0.15) is 28.8 Å². The van der Waals surface area contributed by atoms with E-state index in [0.29, 0.717) is 5.75 Å². The second-order valence-corrected chi connectivity index (χ2v) is 6.66. The summed E-state index contributed by atoms with van der Waals surface area (Å²) in [4.78, 5) is 7.39. The first kappa shape index (κ1) is 15.2. The Bertz CT molecular complexity index is 874. The van der Waals surface area contributed by atoms with Crippen molar-refractivity contribution in [1.82, 2.24) is 9.88 Å². The Morgan fingerprint density at radius 1 is 1.12 bits per heavy atom. The third kappa shape index (κ3) is 2.87. The van der Waals surface area contributed by atoms with Crippen molar-refractivity contribution in [2.45, 2.75) is 32.9 Å². The van der Waals surface area contributed by atoms with E-state index in [4.69, 9.17) is 4.98 Å². The first-order valence-electron chi connectivity index (χ1n) is 8.58. The van der Waals surface area contributed by atoms with Crippen LogP contribution in [0.15, 0.2) is 48.5 Å². The topological polar surface area (TPSA) is 36.4 Å². The molecule has 0 spiro atoms. The molecule has 0 saturated carbocycles. The van der Waals surface area contributed by atoms with Crippen LogP contribution in [-0.4, -0.2) is 21.5 Å². The van der Waals surface area contributed by atoms with Gasteiger partial charge in [-0.1, -0.05) is 30.3 Å². The number of phenolic OH excluding ortho intramolecular Hbond substituents is 1. The molecule has 24 heavy (non-hydrogen) atoms. The van der Waals surface area contributed by atoms with Crippen LogP contribution in [0.3, 0.4) is 0 Å². The van der Waals surface area contributed by atoms with Crippen LogP contribution in [0.25, 0.3) is 10.9 Å². The van der Waals surface area contributed by atoms with Crippen LogP contribution >= 0.6 is 0 Å². The predicted molar refractivity (Wildman–Crippen MR) is 97.0 cm³/mol. The summed E-state index contributed by atoms with van der Waals surface area (Å²) in [6, 6.07) is 16.1. The highest BCUT2D eigenvalue weighted by Gasteiger charge is 2.19. The van der Waals surface area contributed by atoms with E-state index >= 15 is 0 Å². The number of hydrogen-bond acceptors (Lipinski definition) is 3. The number of benzene rings is 2. The monoisotopic (exact) mass is 318 g/mol. The standard InChI is InChI=1S/C21H22N2O/c1-15-18-12-17(24)9-10-21(18)22-20-8-5-11-23(14-19(15)20)13-16-6-3-2-4-7-16/h2-4,6-7,9-10,12,24H,5,8,11,13-14H2,1H3. The molecule has 1 aliphatic heterocycles. The third-order valence-electron chi connectivity index (χ3n) is 4.96. The summed E-state index contributed by atoms with van der Waals surface area (Å²) in [5.74, 6) is 0.308. The van der Waals surface area contributed by atoms with Crippen molar-refractivity contribution in [2.24, 2.45) is 0 Å². The van der Waals surface area contributed by atoms with Crippen LogP contribution in [0.5, 0.6) is 5.75 Å². The third-order valence-corrected chi connectivity index (χ3v) is 4.96. The Kier molecular flexibility index (Phi) is 3.95. The highest BCUT2D eigenvalue weighted by molar-refractivity contribution is 5.84. The largest absolute Gasteiger partial charge is 0.508 e. The van der Waals surface area contributed by atoms with Crippen molar-refractivity contribution in [3.8, 4) is 5.75 Å². The molecule has 3 nitrogen and oxygen atoms in total. The Hall–Kier alpha value is -2.39. The number of rotatable bonds is 2. The molecule has 1 N–H and O–H groups in total. The molecular weight excluding hydrogens is 296 g/mol.